The number of methoxy groups -OCH3 is 1. The van der Waals surface area contributed by atoms with E-state index in [0.29, 0.717) is 6.04 Å². The van der Waals surface area contributed by atoms with Gasteiger partial charge in [-0.3, -0.25) is 0 Å². The Morgan fingerprint density at radius 2 is 2.32 bits per heavy atom. The summed E-state index contributed by atoms with van der Waals surface area (Å²) >= 11 is 1.84. The van der Waals surface area contributed by atoms with E-state index in [0.717, 1.165) is 25.5 Å². The predicted octanol–water partition coefficient (Wildman–Crippen LogP) is 3.31. The lowest BCUT2D eigenvalue weighted by molar-refractivity contribution is 0.197. The van der Waals surface area contributed by atoms with Gasteiger partial charge in [0, 0.05) is 42.4 Å². The SMILES string of the molecule is COCCCNc1nccn1C(C)c1ccc(C)s1. The molecule has 0 aromatic carbocycles. The predicted molar refractivity (Wildman–Crippen MR) is 80.1 cm³/mol. The zero-order valence-electron chi connectivity index (χ0n) is 11.7. The lowest BCUT2D eigenvalue weighted by atomic mass is 10.2. The van der Waals surface area contributed by atoms with Gasteiger partial charge in [-0.2, -0.15) is 0 Å². The summed E-state index contributed by atoms with van der Waals surface area (Å²) in [6, 6.07) is 4.67. The number of anilines is 1. The number of nitrogens with zero attached hydrogens (tertiary/aromatic N) is 2. The topological polar surface area (TPSA) is 39.1 Å². The van der Waals surface area contributed by atoms with Crippen molar-refractivity contribution in [2.45, 2.75) is 26.3 Å². The minimum Gasteiger partial charge on any atom is -0.385 e. The van der Waals surface area contributed by atoms with Crippen molar-refractivity contribution in [3.63, 3.8) is 0 Å². The number of rotatable bonds is 7. The van der Waals surface area contributed by atoms with Gasteiger partial charge in [0.15, 0.2) is 0 Å². The molecule has 4 nitrogen and oxygen atoms in total. The third-order valence-corrected chi connectivity index (χ3v) is 4.24. The number of imidazole rings is 1. The first-order chi connectivity index (χ1) is 9.22. The van der Waals surface area contributed by atoms with Crippen LogP contribution in [-0.2, 0) is 4.74 Å². The molecular formula is C14H21N3OS. The maximum Gasteiger partial charge on any atom is 0.203 e. The van der Waals surface area contributed by atoms with Gasteiger partial charge >= 0.3 is 0 Å². The van der Waals surface area contributed by atoms with Crippen LogP contribution in [0.15, 0.2) is 24.5 Å². The fourth-order valence-electron chi connectivity index (χ4n) is 1.99. The van der Waals surface area contributed by atoms with E-state index in [9.17, 15) is 0 Å². The molecule has 0 spiro atoms. The first-order valence-corrected chi connectivity index (χ1v) is 7.36. The van der Waals surface area contributed by atoms with Crippen molar-refractivity contribution >= 4 is 17.3 Å². The first kappa shape index (κ1) is 14.1. The van der Waals surface area contributed by atoms with E-state index in [-0.39, 0.29) is 0 Å². The monoisotopic (exact) mass is 279 g/mol. The van der Waals surface area contributed by atoms with Gasteiger partial charge in [0.05, 0.1) is 6.04 Å². The van der Waals surface area contributed by atoms with Crippen molar-refractivity contribution in [2.75, 3.05) is 25.6 Å². The van der Waals surface area contributed by atoms with Crippen LogP contribution in [0, 0.1) is 6.92 Å². The average molecular weight is 279 g/mol. The van der Waals surface area contributed by atoms with Crippen molar-refractivity contribution < 1.29 is 4.74 Å². The number of ether oxygens (including phenoxy) is 1. The van der Waals surface area contributed by atoms with Crippen molar-refractivity contribution in [1.29, 1.82) is 0 Å². The van der Waals surface area contributed by atoms with E-state index >= 15 is 0 Å². The molecule has 104 valence electrons. The Hall–Kier alpha value is -1.33. The van der Waals surface area contributed by atoms with E-state index in [4.69, 9.17) is 4.74 Å². The van der Waals surface area contributed by atoms with Gasteiger partial charge in [0.2, 0.25) is 5.95 Å². The fraction of sp³-hybridized carbons (Fsp3) is 0.500. The number of hydrogen-bond acceptors (Lipinski definition) is 4. The first-order valence-electron chi connectivity index (χ1n) is 6.54. The molecule has 19 heavy (non-hydrogen) atoms. The molecule has 0 fully saturated rings. The van der Waals surface area contributed by atoms with Crippen LogP contribution in [0.1, 0.15) is 29.1 Å². The quantitative estimate of drug-likeness (QED) is 0.790. The van der Waals surface area contributed by atoms with Crippen LogP contribution in [0.5, 0.6) is 0 Å². The van der Waals surface area contributed by atoms with Crippen molar-refractivity contribution in [1.82, 2.24) is 9.55 Å². The van der Waals surface area contributed by atoms with Crippen LogP contribution in [-0.4, -0.2) is 29.8 Å². The summed E-state index contributed by atoms with van der Waals surface area (Å²) in [7, 11) is 1.72. The van der Waals surface area contributed by atoms with Crippen LogP contribution in [0.4, 0.5) is 5.95 Å². The molecule has 5 heteroatoms. The number of aryl methyl sites for hydroxylation is 1. The summed E-state index contributed by atoms with van der Waals surface area (Å²) in [5.74, 6) is 0.926. The highest BCUT2D eigenvalue weighted by molar-refractivity contribution is 7.12. The van der Waals surface area contributed by atoms with Gasteiger partial charge in [0.1, 0.15) is 0 Å². The zero-order chi connectivity index (χ0) is 13.7. The van der Waals surface area contributed by atoms with Crippen LogP contribution in [0.3, 0.4) is 0 Å². The van der Waals surface area contributed by atoms with Gasteiger partial charge in [-0.05, 0) is 32.4 Å². The zero-order valence-corrected chi connectivity index (χ0v) is 12.5. The standard InChI is InChI=1S/C14H21N3OS/c1-11-5-6-13(19-11)12(2)17-9-8-16-14(17)15-7-4-10-18-3/h5-6,8-9,12H,4,7,10H2,1-3H3,(H,15,16). The summed E-state index contributed by atoms with van der Waals surface area (Å²) in [6.45, 7) is 5.99. The molecule has 0 saturated carbocycles. The molecule has 0 aliphatic rings. The van der Waals surface area contributed by atoms with E-state index < -0.39 is 0 Å². The summed E-state index contributed by atoms with van der Waals surface area (Å²) in [6.07, 6.45) is 4.85. The molecule has 0 amide bonds. The summed E-state index contributed by atoms with van der Waals surface area (Å²) < 4.78 is 7.22. The van der Waals surface area contributed by atoms with Gasteiger partial charge in [-0.15, -0.1) is 11.3 Å². The summed E-state index contributed by atoms with van der Waals surface area (Å²) in [4.78, 5) is 7.08. The van der Waals surface area contributed by atoms with E-state index in [1.54, 1.807) is 7.11 Å². The van der Waals surface area contributed by atoms with Crippen molar-refractivity contribution in [3.8, 4) is 0 Å². The highest BCUT2D eigenvalue weighted by atomic mass is 32.1. The van der Waals surface area contributed by atoms with Crippen LogP contribution in [0.25, 0.3) is 0 Å². The molecule has 2 aromatic rings. The molecule has 0 aliphatic carbocycles. The molecule has 0 bridgehead atoms. The summed E-state index contributed by atoms with van der Waals surface area (Å²) in [5, 5.41) is 3.36. The van der Waals surface area contributed by atoms with Crippen molar-refractivity contribution in [2.24, 2.45) is 0 Å². The maximum absolute atomic E-state index is 5.05. The van der Waals surface area contributed by atoms with E-state index in [1.807, 2.05) is 23.7 Å². The minimum absolute atomic E-state index is 0.311. The number of nitrogens with one attached hydrogen (secondary N) is 1. The van der Waals surface area contributed by atoms with Crippen LogP contribution < -0.4 is 5.32 Å². The number of thiophene rings is 1. The number of aromatic nitrogens is 2. The second-order valence-electron chi connectivity index (χ2n) is 4.56. The smallest absolute Gasteiger partial charge is 0.203 e. The van der Waals surface area contributed by atoms with Gasteiger partial charge < -0.3 is 14.6 Å². The highest BCUT2D eigenvalue weighted by Gasteiger charge is 2.13. The molecule has 0 aliphatic heterocycles. The molecule has 0 saturated heterocycles. The van der Waals surface area contributed by atoms with Gasteiger partial charge in [0.25, 0.3) is 0 Å². The molecular weight excluding hydrogens is 258 g/mol. The van der Waals surface area contributed by atoms with E-state index in [2.05, 4.69) is 40.8 Å². The Kier molecular flexibility index (Phi) is 4.99. The third-order valence-electron chi connectivity index (χ3n) is 3.07. The molecule has 2 aromatic heterocycles. The lowest BCUT2D eigenvalue weighted by Crippen LogP contribution is -2.12. The second kappa shape index (κ2) is 6.73. The third kappa shape index (κ3) is 3.58. The minimum atomic E-state index is 0.311. The van der Waals surface area contributed by atoms with Gasteiger partial charge in [-0.25, -0.2) is 4.98 Å². The number of hydrogen-bond donors (Lipinski definition) is 1. The average Bonchev–Trinajstić information content (AvgIpc) is 3.03. The molecule has 2 heterocycles. The Balaban J connectivity index is 2.02. The van der Waals surface area contributed by atoms with E-state index in [1.165, 1.54) is 9.75 Å². The molecule has 0 radical (unpaired) electrons. The Morgan fingerprint density at radius 3 is 3.00 bits per heavy atom. The fourth-order valence-corrected chi connectivity index (χ4v) is 2.92. The molecule has 1 N–H and O–H groups in total. The van der Waals surface area contributed by atoms with Crippen LogP contribution in [0.2, 0.25) is 0 Å². The van der Waals surface area contributed by atoms with Crippen LogP contribution >= 0.6 is 11.3 Å². The second-order valence-corrected chi connectivity index (χ2v) is 5.88. The largest absolute Gasteiger partial charge is 0.385 e. The Labute approximate surface area is 118 Å². The summed E-state index contributed by atoms with van der Waals surface area (Å²) in [5.41, 5.74) is 0. The molecule has 2 rings (SSSR count). The molecule has 1 unspecified atom stereocenters. The maximum atomic E-state index is 5.05. The Bertz CT molecular complexity index is 506. The normalized spacial score (nSPS) is 12.6. The van der Waals surface area contributed by atoms with Crippen molar-refractivity contribution in [3.05, 3.63) is 34.3 Å². The molecule has 1 atom stereocenters. The van der Waals surface area contributed by atoms with Gasteiger partial charge in [-0.1, -0.05) is 0 Å². The lowest BCUT2D eigenvalue weighted by Gasteiger charge is -2.15. The highest BCUT2D eigenvalue weighted by Crippen LogP contribution is 2.27. The Morgan fingerprint density at radius 1 is 1.47 bits per heavy atom.